The van der Waals surface area contributed by atoms with E-state index in [2.05, 4.69) is 26.2 Å². The molecule has 5 nitrogen and oxygen atoms in total. The van der Waals surface area contributed by atoms with Gasteiger partial charge in [-0.1, -0.05) is 48.0 Å². The first kappa shape index (κ1) is 26.9. The number of rotatable bonds is 8. The van der Waals surface area contributed by atoms with Crippen molar-refractivity contribution in [1.82, 2.24) is 14.8 Å². The van der Waals surface area contributed by atoms with Gasteiger partial charge in [-0.25, -0.2) is 0 Å². The number of ether oxygens (including phenoxy) is 1. The summed E-state index contributed by atoms with van der Waals surface area (Å²) in [7, 11) is 0. The molecule has 2 bridgehead atoms. The maximum Gasteiger partial charge on any atom is 0.416 e. The normalized spacial score (nSPS) is 19.4. The van der Waals surface area contributed by atoms with Gasteiger partial charge in [0.2, 0.25) is 0 Å². The third-order valence-corrected chi connectivity index (χ3v) is 8.17. The fourth-order valence-corrected chi connectivity index (χ4v) is 6.11. The van der Waals surface area contributed by atoms with E-state index >= 15 is 0 Å². The number of nitrogens with one attached hydrogen (secondary N) is 1. The largest absolute Gasteiger partial charge is 0.492 e. The van der Waals surface area contributed by atoms with Gasteiger partial charge in [0, 0.05) is 71.8 Å². The van der Waals surface area contributed by atoms with Crippen LogP contribution in [0.25, 0.3) is 10.9 Å². The van der Waals surface area contributed by atoms with Gasteiger partial charge in [-0.05, 0) is 49.2 Å². The van der Waals surface area contributed by atoms with Gasteiger partial charge in [0.15, 0.2) is 0 Å². The van der Waals surface area contributed by atoms with Crippen LogP contribution in [0.2, 0.25) is 5.02 Å². The van der Waals surface area contributed by atoms with E-state index in [1.54, 1.807) is 6.07 Å². The number of hydrogen-bond acceptors (Lipinski definition) is 5. The number of aryl methyl sites for hydroxylation is 1. The van der Waals surface area contributed by atoms with E-state index in [0.717, 1.165) is 65.4 Å². The lowest BCUT2D eigenvalue weighted by Gasteiger charge is -2.34. The van der Waals surface area contributed by atoms with Crippen molar-refractivity contribution in [2.24, 2.45) is 0 Å². The summed E-state index contributed by atoms with van der Waals surface area (Å²) < 4.78 is 47.2. The first-order chi connectivity index (χ1) is 19.2. The van der Waals surface area contributed by atoms with E-state index in [9.17, 15) is 13.2 Å². The summed E-state index contributed by atoms with van der Waals surface area (Å²) in [6, 6.07) is 22.0. The number of hydrogen-bond donors (Lipinski definition) is 1. The van der Waals surface area contributed by atoms with Crippen molar-refractivity contribution in [3.8, 4) is 5.75 Å². The van der Waals surface area contributed by atoms with Gasteiger partial charge in [0.05, 0.1) is 11.1 Å². The van der Waals surface area contributed by atoms with Crippen LogP contribution in [0, 0.1) is 6.92 Å². The van der Waals surface area contributed by atoms with Crippen LogP contribution in [-0.2, 0) is 12.7 Å². The molecule has 3 aromatic carbocycles. The highest BCUT2D eigenvalue weighted by molar-refractivity contribution is 6.31. The lowest BCUT2D eigenvalue weighted by Crippen LogP contribution is -2.47. The fraction of sp³-hybridized carbons (Fsp3) is 0.323. The second-order valence-electron chi connectivity index (χ2n) is 10.6. The predicted octanol–water partition coefficient (Wildman–Crippen LogP) is 7.30. The van der Waals surface area contributed by atoms with Crippen molar-refractivity contribution in [2.75, 3.05) is 31.6 Å². The number of fused-ring (bicyclic) bond motifs is 3. The Kier molecular flexibility index (Phi) is 7.33. The molecule has 6 rings (SSSR count). The molecule has 208 valence electrons. The zero-order chi connectivity index (χ0) is 27.9. The van der Waals surface area contributed by atoms with E-state index in [-0.39, 0.29) is 5.75 Å². The minimum Gasteiger partial charge on any atom is -0.492 e. The Morgan fingerprint density at radius 1 is 0.975 bits per heavy atom. The van der Waals surface area contributed by atoms with Crippen molar-refractivity contribution in [1.29, 1.82) is 0 Å². The fourth-order valence-electron chi connectivity index (χ4n) is 5.91. The Hall–Kier alpha value is -3.33. The van der Waals surface area contributed by atoms with Crippen LogP contribution in [0.1, 0.15) is 23.2 Å². The summed E-state index contributed by atoms with van der Waals surface area (Å²) >= 11 is 6.36. The second-order valence-corrected chi connectivity index (χ2v) is 11.0. The quantitative estimate of drug-likeness (QED) is 0.242. The molecule has 1 N–H and O–H groups in total. The maximum atomic E-state index is 13.8. The number of anilines is 2. The molecule has 40 heavy (non-hydrogen) atoms. The number of para-hydroxylation sites is 1. The average Bonchev–Trinajstić information content (AvgIpc) is 3.50. The highest BCUT2D eigenvalue weighted by atomic mass is 35.5. The Balaban J connectivity index is 1.11. The van der Waals surface area contributed by atoms with E-state index < -0.39 is 11.7 Å². The summed E-state index contributed by atoms with van der Waals surface area (Å²) in [6.07, 6.45) is -3.41. The topological polar surface area (TPSA) is 40.6 Å². The predicted molar refractivity (Wildman–Crippen MR) is 152 cm³/mol. The number of likely N-dealkylation sites (tertiary alicyclic amines) is 2. The molecule has 2 saturated heterocycles. The summed E-state index contributed by atoms with van der Waals surface area (Å²) in [4.78, 5) is 9.37. The minimum absolute atomic E-state index is 0.192. The number of alkyl halides is 3. The molecule has 0 amide bonds. The van der Waals surface area contributed by atoms with E-state index in [1.807, 2.05) is 55.5 Å². The summed E-state index contributed by atoms with van der Waals surface area (Å²) in [5.41, 5.74) is 2.95. The van der Waals surface area contributed by atoms with Gasteiger partial charge in [-0.15, -0.1) is 0 Å². The lowest BCUT2D eigenvalue weighted by molar-refractivity contribution is -0.137. The molecule has 0 aliphatic carbocycles. The molecule has 0 radical (unpaired) electrons. The van der Waals surface area contributed by atoms with Crippen LogP contribution in [0.5, 0.6) is 5.75 Å². The number of piperazine rings is 1. The SMILES string of the molecule is Cc1cc(Nc2cc(OCCN3CC4CC3CN4Cc3ccccc3Cl)cc(C(F)(F)F)c2)c2ccccc2n1. The van der Waals surface area contributed by atoms with Crippen molar-refractivity contribution >= 4 is 33.9 Å². The third kappa shape index (κ3) is 5.75. The van der Waals surface area contributed by atoms with Crippen molar-refractivity contribution in [2.45, 2.75) is 38.1 Å². The molecule has 0 spiro atoms. The van der Waals surface area contributed by atoms with Crippen molar-refractivity contribution in [3.63, 3.8) is 0 Å². The van der Waals surface area contributed by atoms with Crippen LogP contribution in [0.4, 0.5) is 24.5 Å². The Morgan fingerprint density at radius 3 is 2.50 bits per heavy atom. The highest BCUT2D eigenvalue weighted by Gasteiger charge is 2.42. The van der Waals surface area contributed by atoms with Crippen LogP contribution in [0.3, 0.4) is 0 Å². The Bertz CT molecular complexity index is 1530. The van der Waals surface area contributed by atoms with Crippen LogP contribution >= 0.6 is 11.6 Å². The highest BCUT2D eigenvalue weighted by Crippen LogP contribution is 2.37. The standard InChI is InChI=1S/C31H30ClF3N4O/c1-20-12-30(27-7-3-5-9-29(27)36-20)37-23-13-22(31(33,34)35)14-26(15-23)40-11-10-38-18-25-16-24(38)19-39(25)17-21-6-2-4-8-28(21)32/h2-9,12-15,24-25H,10-11,16-19H2,1H3,(H,36,37). The van der Waals surface area contributed by atoms with E-state index in [4.69, 9.17) is 16.3 Å². The molecule has 2 aliphatic rings. The minimum atomic E-state index is -4.49. The molecule has 3 heterocycles. The summed E-state index contributed by atoms with van der Waals surface area (Å²) in [5.74, 6) is 0.192. The molecule has 1 aromatic heterocycles. The first-order valence-corrected chi connectivity index (χ1v) is 13.8. The summed E-state index contributed by atoms with van der Waals surface area (Å²) in [5, 5.41) is 4.80. The zero-order valence-corrected chi connectivity index (χ0v) is 22.8. The zero-order valence-electron chi connectivity index (χ0n) is 22.1. The molecular formula is C31H30ClF3N4O. The van der Waals surface area contributed by atoms with Gasteiger partial charge < -0.3 is 10.1 Å². The van der Waals surface area contributed by atoms with Gasteiger partial charge in [0.25, 0.3) is 0 Å². The van der Waals surface area contributed by atoms with E-state index in [0.29, 0.717) is 36.6 Å². The van der Waals surface area contributed by atoms with Crippen molar-refractivity contribution < 1.29 is 17.9 Å². The average molecular weight is 567 g/mol. The number of halogens is 4. The van der Waals surface area contributed by atoms with Crippen LogP contribution in [-0.4, -0.2) is 53.1 Å². The third-order valence-electron chi connectivity index (χ3n) is 7.80. The molecular weight excluding hydrogens is 537 g/mol. The second kappa shape index (κ2) is 10.9. The van der Waals surface area contributed by atoms with Gasteiger partial charge in [-0.2, -0.15) is 13.2 Å². The molecule has 0 saturated carbocycles. The lowest BCUT2D eigenvalue weighted by atomic mass is 10.1. The molecule has 2 fully saturated rings. The van der Waals surface area contributed by atoms with Crippen molar-refractivity contribution in [3.05, 3.63) is 94.6 Å². The number of benzene rings is 3. The van der Waals surface area contributed by atoms with E-state index in [1.165, 1.54) is 0 Å². The Labute approximate surface area is 236 Å². The molecule has 2 aliphatic heterocycles. The Morgan fingerprint density at radius 2 is 1.73 bits per heavy atom. The number of aromatic nitrogens is 1. The van der Waals surface area contributed by atoms with Gasteiger partial charge in [0.1, 0.15) is 12.4 Å². The maximum absolute atomic E-state index is 13.8. The van der Waals surface area contributed by atoms with Gasteiger partial charge >= 0.3 is 6.18 Å². The van der Waals surface area contributed by atoms with Gasteiger partial charge in [-0.3, -0.25) is 14.8 Å². The number of nitrogens with zero attached hydrogens (tertiary/aromatic N) is 3. The molecule has 2 atom stereocenters. The van der Waals surface area contributed by atoms with Crippen LogP contribution in [0.15, 0.2) is 72.8 Å². The molecule has 2 unspecified atom stereocenters. The molecule has 4 aromatic rings. The smallest absolute Gasteiger partial charge is 0.416 e. The van der Waals surface area contributed by atoms with Crippen LogP contribution < -0.4 is 10.1 Å². The summed E-state index contributed by atoms with van der Waals surface area (Å²) in [6.45, 7) is 5.53. The monoisotopic (exact) mass is 566 g/mol. The number of pyridine rings is 1. The molecule has 9 heteroatoms. The first-order valence-electron chi connectivity index (χ1n) is 13.4.